The molecular weight excluding hydrogens is 136 g/mol. The lowest BCUT2D eigenvalue weighted by molar-refractivity contribution is 0.329. The van der Waals surface area contributed by atoms with Crippen LogP contribution in [0.2, 0.25) is 0 Å². The van der Waals surface area contributed by atoms with E-state index >= 15 is 0 Å². The standard InChI is InChI=1S/C7H11F2N/c8-7(9)6-3-5(4-6)1-2-10/h5H,1-4,10H2. The highest BCUT2D eigenvalue weighted by Crippen LogP contribution is 2.37. The second-order valence-corrected chi connectivity index (χ2v) is 2.72. The minimum absolute atomic E-state index is 0.332. The molecule has 1 saturated carbocycles. The molecule has 0 saturated heterocycles. The Kier molecular flexibility index (Phi) is 2.38. The summed E-state index contributed by atoms with van der Waals surface area (Å²) in [6, 6.07) is 0. The zero-order valence-electron chi connectivity index (χ0n) is 5.74. The molecule has 0 atom stereocenters. The molecule has 0 heterocycles. The molecule has 1 rings (SSSR count). The zero-order valence-corrected chi connectivity index (χ0v) is 5.74. The molecule has 3 heteroatoms. The molecule has 0 radical (unpaired) electrons. The Labute approximate surface area is 58.9 Å². The summed E-state index contributed by atoms with van der Waals surface area (Å²) in [4.78, 5) is 0. The minimum Gasteiger partial charge on any atom is -0.330 e. The lowest BCUT2D eigenvalue weighted by Gasteiger charge is -2.27. The fourth-order valence-electron chi connectivity index (χ4n) is 1.23. The highest BCUT2D eigenvalue weighted by atomic mass is 19.3. The van der Waals surface area contributed by atoms with E-state index in [0.29, 0.717) is 30.9 Å². The first-order valence-electron chi connectivity index (χ1n) is 3.47. The van der Waals surface area contributed by atoms with Crippen LogP contribution in [-0.4, -0.2) is 6.54 Å². The maximum Gasteiger partial charge on any atom is 0.269 e. The Morgan fingerprint density at radius 1 is 1.50 bits per heavy atom. The third-order valence-electron chi connectivity index (χ3n) is 1.91. The summed E-state index contributed by atoms with van der Waals surface area (Å²) in [6.07, 6.45) is 0.545. The van der Waals surface area contributed by atoms with Crippen molar-refractivity contribution in [3.05, 3.63) is 11.7 Å². The first kappa shape index (κ1) is 7.66. The van der Waals surface area contributed by atoms with Gasteiger partial charge in [0.2, 0.25) is 0 Å². The van der Waals surface area contributed by atoms with Crippen molar-refractivity contribution in [2.24, 2.45) is 11.7 Å². The molecule has 0 amide bonds. The van der Waals surface area contributed by atoms with Gasteiger partial charge in [-0.25, -0.2) is 0 Å². The topological polar surface area (TPSA) is 26.0 Å². The van der Waals surface area contributed by atoms with Gasteiger partial charge in [-0.05, 0) is 37.3 Å². The van der Waals surface area contributed by atoms with Crippen molar-refractivity contribution in [3.8, 4) is 0 Å². The van der Waals surface area contributed by atoms with Gasteiger partial charge in [0.05, 0.1) is 0 Å². The minimum atomic E-state index is -1.48. The normalized spacial score (nSPS) is 24.3. The van der Waals surface area contributed by atoms with E-state index in [1.807, 2.05) is 0 Å². The second-order valence-electron chi connectivity index (χ2n) is 2.72. The van der Waals surface area contributed by atoms with E-state index in [2.05, 4.69) is 0 Å². The molecule has 1 aliphatic rings. The van der Waals surface area contributed by atoms with Crippen molar-refractivity contribution in [3.63, 3.8) is 0 Å². The number of halogens is 2. The highest BCUT2D eigenvalue weighted by Gasteiger charge is 2.25. The molecule has 0 aromatic carbocycles. The summed E-state index contributed by atoms with van der Waals surface area (Å²) in [5.41, 5.74) is 5.59. The summed E-state index contributed by atoms with van der Waals surface area (Å²) in [6.45, 7) is 0.617. The first-order chi connectivity index (χ1) is 4.74. The predicted octanol–water partition coefficient (Wildman–Crippen LogP) is 1.90. The molecule has 10 heavy (non-hydrogen) atoms. The van der Waals surface area contributed by atoms with Crippen LogP contribution in [-0.2, 0) is 0 Å². The molecule has 0 aromatic rings. The summed E-state index contributed by atoms with van der Waals surface area (Å²) < 4.78 is 23.5. The Bertz CT molecular complexity index is 142. The molecule has 2 N–H and O–H groups in total. The number of rotatable bonds is 2. The Morgan fingerprint density at radius 2 is 2.10 bits per heavy atom. The monoisotopic (exact) mass is 147 g/mol. The van der Waals surface area contributed by atoms with Gasteiger partial charge in [-0.1, -0.05) is 0 Å². The molecule has 58 valence electrons. The highest BCUT2D eigenvalue weighted by molar-refractivity contribution is 5.13. The molecule has 1 fully saturated rings. The van der Waals surface area contributed by atoms with Gasteiger partial charge < -0.3 is 5.73 Å². The van der Waals surface area contributed by atoms with Gasteiger partial charge in [0, 0.05) is 0 Å². The van der Waals surface area contributed by atoms with Crippen LogP contribution >= 0.6 is 0 Å². The quantitative estimate of drug-likeness (QED) is 0.634. The lowest BCUT2D eigenvalue weighted by atomic mass is 9.79. The van der Waals surface area contributed by atoms with Crippen molar-refractivity contribution in [1.82, 2.24) is 0 Å². The van der Waals surface area contributed by atoms with Crippen molar-refractivity contribution in [1.29, 1.82) is 0 Å². The maximum absolute atomic E-state index is 11.7. The van der Waals surface area contributed by atoms with Crippen molar-refractivity contribution >= 4 is 0 Å². The Morgan fingerprint density at radius 3 is 2.50 bits per heavy atom. The van der Waals surface area contributed by atoms with Gasteiger partial charge in [0.15, 0.2) is 0 Å². The molecule has 1 nitrogen and oxygen atoms in total. The maximum atomic E-state index is 11.7. The predicted molar refractivity (Wildman–Crippen MR) is 35.6 cm³/mol. The number of nitrogens with two attached hydrogens (primary N) is 1. The summed E-state index contributed by atoms with van der Waals surface area (Å²) >= 11 is 0. The van der Waals surface area contributed by atoms with Crippen molar-refractivity contribution < 1.29 is 8.78 Å². The van der Waals surface area contributed by atoms with Crippen LogP contribution < -0.4 is 5.73 Å². The molecule has 1 aliphatic carbocycles. The summed E-state index contributed by atoms with van der Waals surface area (Å²) in [5, 5.41) is 0. The van der Waals surface area contributed by atoms with Crippen LogP contribution in [0.1, 0.15) is 19.3 Å². The zero-order chi connectivity index (χ0) is 7.56. The summed E-state index contributed by atoms with van der Waals surface area (Å²) in [5.74, 6) is 0.432. The largest absolute Gasteiger partial charge is 0.330 e. The molecule has 0 aliphatic heterocycles. The van der Waals surface area contributed by atoms with Crippen LogP contribution in [0.4, 0.5) is 8.78 Å². The molecule has 0 aromatic heterocycles. The summed E-state index contributed by atoms with van der Waals surface area (Å²) in [7, 11) is 0. The van der Waals surface area contributed by atoms with Crippen LogP contribution in [0.15, 0.2) is 11.7 Å². The van der Waals surface area contributed by atoms with E-state index in [9.17, 15) is 8.78 Å². The SMILES string of the molecule is NCCC1CC(=C(F)F)C1. The average Bonchev–Trinajstić information content (AvgIpc) is 1.76. The number of allylic oxidation sites excluding steroid dienone is 1. The third-order valence-corrected chi connectivity index (χ3v) is 1.91. The lowest BCUT2D eigenvalue weighted by Crippen LogP contribution is -2.18. The van der Waals surface area contributed by atoms with Crippen LogP contribution in [0.3, 0.4) is 0 Å². The second kappa shape index (κ2) is 3.10. The average molecular weight is 147 g/mol. The van der Waals surface area contributed by atoms with Crippen LogP contribution in [0.5, 0.6) is 0 Å². The van der Waals surface area contributed by atoms with E-state index in [0.717, 1.165) is 6.42 Å². The third kappa shape index (κ3) is 1.53. The van der Waals surface area contributed by atoms with Gasteiger partial charge in [-0.15, -0.1) is 0 Å². The van der Waals surface area contributed by atoms with Gasteiger partial charge in [0.25, 0.3) is 6.08 Å². The van der Waals surface area contributed by atoms with Crippen LogP contribution in [0.25, 0.3) is 0 Å². The smallest absolute Gasteiger partial charge is 0.269 e. The molecule has 0 spiro atoms. The van der Waals surface area contributed by atoms with Gasteiger partial charge >= 0.3 is 0 Å². The van der Waals surface area contributed by atoms with Gasteiger partial charge in [-0.3, -0.25) is 0 Å². The molecule has 0 unspecified atom stereocenters. The fourth-order valence-corrected chi connectivity index (χ4v) is 1.23. The van der Waals surface area contributed by atoms with Gasteiger partial charge in [-0.2, -0.15) is 8.78 Å². The molecule has 0 bridgehead atoms. The van der Waals surface area contributed by atoms with E-state index in [4.69, 9.17) is 5.73 Å². The Hall–Kier alpha value is -0.440. The number of hydrogen-bond acceptors (Lipinski definition) is 1. The first-order valence-corrected chi connectivity index (χ1v) is 3.47. The molecular formula is C7H11F2N. The van der Waals surface area contributed by atoms with E-state index in [1.165, 1.54) is 0 Å². The van der Waals surface area contributed by atoms with E-state index in [-0.39, 0.29) is 0 Å². The van der Waals surface area contributed by atoms with Crippen molar-refractivity contribution in [2.45, 2.75) is 19.3 Å². The number of hydrogen-bond donors (Lipinski definition) is 1. The fraction of sp³-hybridized carbons (Fsp3) is 0.714. The van der Waals surface area contributed by atoms with Crippen molar-refractivity contribution in [2.75, 3.05) is 6.54 Å². The van der Waals surface area contributed by atoms with E-state index in [1.54, 1.807) is 0 Å². The Balaban J connectivity index is 2.24. The van der Waals surface area contributed by atoms with Gasteiger partial charge in [0.1, 0.15) is 0 Å². The van der Waals surface area contributed by atoms with Crippen LogP contribution in [0, 0.1) is 5.92 Å². The van der Waals surface area contributed by atoms with E-state index < -0.39 is 6.08 Å².